The van der Waals surface area contributed by atoms with E-state index in [0.717, 1.165) is 54.9 Å². The van der Waals surface area contributed by atoms with E-state index in [1.54, 1.807) is 175 Å². The van der Waals surface area contributed by atoms with Gasteiger partial charge in [-0.05, 0) is 287 Å². The minimum atomic E-state index is -1.06. The van der Waals surface area contributed by atoms with Gasteiger partial charge in [0.25, 0.3) is 22.2 Å². The molecule has 754 valence electrons. The molecule has 142 heavy (non-hydrogen) atoms. The Labute approximate surface area is 835 Å². The van der Waals surface area contributed by atoms with Crippen molar-refractivity contribution in [1.82, 2.24) is 53.7 Å². The van der Waals surface area contributed by atoms with Crippen LogP contribution in [0.15, 0.2) is 189 Å². The first-order chi connectivity index (χ1) is 65.4. The number of hydrogen-bond donors (Lipinski definition) is 3. The highest BCUT2D eigenvalue weighted by Gasteiger charge is 2.31. The second-order valence-electron chi connectivity index (χ2n) is 37.1. The Balaban J connectivity index is 0.000000274. The maximum Gasteiger partial charge on any atom is 0.519 e. The van der Waals surface area contributed by atoms with Gasteiger partial charge in [0.1, 0.15) is 69.0 Å². The summed E-state index contributed by atoms with van der Waals surface area (Å²) in [7, 11) is 2.70. The van der Waals surface area contributed by atoms with Crippen molar-refractivity contribution in [3.63, 3.8) is 0 Å². The monoisotopic (exact) mass is 1970 g/mol. The van der Waals surface area contributed by atoms with Crippen LogP contribution >= 0.6 is 12.4 Å². The zero-order valence-electron chi connectivity index (χ0n) is 80.7. The van der Waals surface area contributed by atoms with E-state index in [1.807, 2.05) is 66.8 Å². The van der Waals surface area contributed by atoms with Crippen LogP contribution < -0.4 is 38.6 Å². The van der Waals surface area contributed by atoms with E-state index in [4.69, 9.17) is 41.0 Å². The number of fused-ring (bicyclic) bond motifs is 8. The lowest BCUT2D eigenvalue weighted by Crippen LogP contribution is -2.41. The minimum absolute atomic E-state index is 0. The molecule has 2 amide bonds. The summed E-state index contributed by atoms with van der Waals surface area (Å²) < 4.78 is 100. The smallest absolute Gasteiger partial charge is 0.444 e. The van der Waals surface area contributed by atoms with E-state index in [1.165, 1.54) is 48.5 Å². The maximum atomic E-state index is 13.4. The third-order valence-electron chi connectivity index (χ3n) is 21.8. The maximum absolute atomic E-state index is 13.4. The van der Waals surface area contributed by atoms with Crippen LogP contribution in [-0.2, 0) is 75.5 Å². The summed E-state index contributed by atoms with van der Waals surface area (Å²) >= 11 is 0. The Hall–Kier alpha value is -14.3. The van der Waals surface area contributed by atoms with Crippen LogP contribution in [0.2, 0.25) is 0 Å². The quantitative estimate of drug-likeness (QED) is 0.0486. The number of nitrogens with one attached hydrogen (secondary N) is 2. The zero-order valence-corrected chi connectivity index (χ0v) is 80.5. The van der Waals surface area contributed by atoms with E-state index in [0.29, 0.717) is 166 Å². The number of benzene rings is 8. The fourth-order valence-corrected chi connectivity index (χ4v) is 15.2. The van der Waals surface area contributed by atoms with E-state index in [2.05, 4.69) is 67.7 Å². The second-order valence-corrected chi connectivity index (χ2v) is 37.1. The zero-order chi connectivity index (χ0) is 99.9. The Morgan fingerprint density at radius 1 is 0.394 bits per heavy atom. The second kappa shape index (κ2) is 52.3. The van der Waals surface area contributed by atoms with Gasteiger partial charge in [0.2, 0.25) is 0 Å². The SMILES string of the molecule is C.C.C.C.CC(C)(C)OC(=O)NC1CCc2nc3cc(C#Cc4cccc(F)c4)ccc3c(=O)n2CC1.CC(C)(C)OC(=O)OC(=O)OC(C)(C)C.CN(C(=O)OC(C)(C)C)C1CCc2nc3cc(C#Cc4cccc(F)c4)ccc3c(=O)n2CC1.CNC1CCc2nc3cc(C#Cc4cccc(F)c4)ccc3c(=O)n2CC1.Cl.NC1CCc2nc3cc(C#Cc4cccc(F)c4)ccc3c(=O)n2CC1.[2H]CF. The summed E-state index contributed by atoms with van der Waals surface area (Å²) in [5.41, 5.74) is 11.0. The van der Waals surface area contributed by atoms with Gasteiger partial charge in [-0.25, -0.2) is 56.7 Å². The lowest BCUT2D eigenvalue weighted by atomic mass is 10.1. The standard InChI is InChI=1S/C27H28FN3O3.C26H26FN3O3.C22H20FN3O.C21H18FN3O.C10H18O5.CH3F.4CH4.ClH/c1-27(2,3)34-26(33)30(4)21-11-13-24-29-23-17-19(9-8-18-6-5-7-20(28)16-18)10-12-22(23)25(32)31(24)15-14-21;1-26(2,3)33-25(32)28-20-10-12-23-29-22-16-18(8-7-17-5-4-6-19(27)15-17)9-11-21(22)24(31)30(23)14-13-20;1-24-18-8-10-21-25-20-14-16(6-5-15-3-2-4-17(23)13-15)7-9-19(20)22(27)26(21)12-11-18;22-16-3-1-2-14(12-16)4-5-15-6-8-18-19(13-15)24-20-9-7-17(23)10-11-25(20)21(18)26;1-9(2,3)14-7(11)13-8(12)15-10(4,5)6;1-2;;;;;/h5-7,10,12,16-17,21H,11,13-15H2,1-4H3;4-6,9,11,15-16,20H,10,12-14H2,1-3H3,(H,28,32);2-4,7,9,13-14,18,24H,8,10-12H2,1H3;1-3,6,8,12-13,17H,7,9-11,23H2;1-6H3;1H3;4*1H4;1H/i;;;;;1D;;;;;. The van der Waals surface area contributed by atoms with E-state index in [9.17, 15) is 60.3 Å². The third kappa shape index (κ3) is 34.0. The molecule has 8 heterocycles. The van der Waals surface area contributed by atoms with Crippen molar-refractivity contribution in [3.05, 3.63) is 302 Å². The molecular weight excluding hydrogens is 1840 g/mol. The average Bonchev–Trinajstić information content (AvgIpc) is 1.77. The van der Waals surface area contributed by atoms with Crippen molar-refractivity contribution in [1.29, 1.82) is 0 Å². The molecule has 25 nitrogen and oxygen atoms in total. The molecule has 4 aliphatic heterocycles. The Morgan fingerprint density at radius 3 is 0.972 bits per heavy atom. The van der Waals surface area contributed by atoms with Crippen molar-refractivity contribution in [2.24, 2.45) is 5.73 Å². The summed E-state index contributed by atoms with van der Waals surface area (Å²) in [5, 5.41) is 8.45. The van der Waals surface area contributed by atoms with Gasteiger partial charge in [0.15, 0.2) is 0 Å². The molecule has 0 bridgehead atoms. The largest absolute Gasteiger partial charge is 0.519 e. The van der Waals surface area contributed by atoms with Crippen LogP contribution in [0.5, 0.6) is 0 Å². The molecule has 0 fully saturated rings. The summed E-state index contributed by atoms with van der Waals surface area (Å²) in [6.45, 7) is 23.3. The predicted molar refractivity (Wildman–Crippen MR) is 552 cm³/mol. The molecule has 0 aliphatic carbocycles. The molecule has 0 saturated carbocycles. The summed E-state index contributed by atoms with van der Waals surface area (Å²) in [6, 6.07) is 46.3. The van der Waals surface area contributed by atoms with Crippen molar-refractivity contribution in [2.45, 2.75) is 263 Å². The van der Waals surface area contributed by atoms with Gasteiger partial charge < -0.3 is 45.0 Å². The molecule has 0 spiro atoms. The number of aryl methyl sites for hydroxylation is 4. The number of alkyl halides is 1. The number of amides is 2. The minimum Gasteiger partial charge on any atom is -0.444 e. The number of alkyl carbamates (subject to hydrolysis) is 1. The van der Waals surface area contributed by atoms with Crippen LogP contribution in [0.25, 0.3) is 43.6 Å². The number of aromatic nitrogens is 8. The third-order valence-corrected chi connectivity index (χ3v) is 21.8. The van der Waals surface area contributed by atoms with Crippen LogP contribution in [0.4, 0.5) is 41.1 Å². The number of nitrogens with two attached hydrogens (primary N) is 1. The normalized spacial score (nSPS) is 14.9. The lowest BCUT2D eigenvalue weighted by Gasteiger charge is -2.30. The Bertz CT molecular complexity index is 7030. The molecule has 16 rings (SSSR count). The fourth-order valence-electron chi connectivity index (χ4n) is 15.2. The highest BCUT2D eigenvalue weighted by Crippen LogP contribution is 2.26. The number of ether oxygens (including phenoxy) is 5. The number of nitrogens with zero attached hydrogens (tertiary/aromatic N) is 9. The topological polar surface area (TPSA) is 307 Å². The molecule has 0 saturated heterocycles. The van der Waals surface area contributed by atoms with Crippen molar-refractivity contribution >= 4 is 80.5 Å². The van der Waals surface area contributed by atoms with Gasteiger partial charge in [-0.2, -0.15) is 0 Å². The first-order valence-electron chi connectivity index (χ1n) is 45.8. The lowest BCUT2D eigenvalue weighted by molar-refractivity contribution is -0.0295. The molecule has 4 N–H and O–H groups in total. The van der Waals surface area contributed by atoms with Gasteiger partial charge in [-0.3, -0.25) is 41.8 Å². The molecular formula is C111H130ClF5N12O13. The number of halogens is 6. The Morgan fingerprint density at radius 2 is 0.669 bits per heavy atom. The number of rotatable bonds is 3. The molecule has 4 atom stereocenters. The number of carbonyl (C=O) groups is 4. The van der Waals surface area contributed by atoms with Crippen molar-refractivity contribution in [3.8, 4) is 47.4 Å². The number of hydrogen-bond acceptors (Lipinski definition) is 19. The first kappa shape index (κ1) is 115. The van der Waals surface area contributed by atoms with Crippen LogP contribution in [0, 0.1) is 70.6 Å². The predicted octanol–water partition coefficient (Wildman–Crippen LogP) is 20.6. The van der Waals surface area contributed by atoms with E-state index >= 15 is 0 Å². The first-order valence-corrected chi connectivity index (χ1v) is 45.0. The molecule has 4 aliphatic rings. The average molecular weight is 1970 g/mol. The Kier molecular flexibility index (Phi) is 42.2. The molecule has 0 radical (unpaired) electrons. The van der Waals surface area contributed by atoms with E-state index < -0.39 is 48.0 Å². The van der Waals surface area contributed by atoms with Crippen molar-refractivity contribution < 1.29 is 66.2 Å². The highest BCUT2D eigenvalue weighted by molar-refractivity contribution is 5.86. The van der Waals surface area contributed by atoms with Gasteiger partial charge in [-0.1, -0.05) is 101 Å². The van der Waals surface area contributed by atoms with Crippen LogP contribution in [0.3, 0.4) is 0 Å². The summed E-state index contributed by atoms with van der Waals surface area (Å²) in [5.74, 6) is 25.6. The molecule has 8 aromatic carbocycles. The van der Waals surface area contributed by atoms with Gasteiger partial charge >= 0.3 is 24.5 Å². The molecule has 4 aromatic heterocycles. The fraction of sp³-hybridized carbons (Fsp3) is 0.387. The van der Waals surface area contributed by atoms with Gasteiger partial charge in [0, 0.05) is 128 Å². The van der Waals surface area contributed by atoms with E-state index in [-0.39, 0.29) is 112 Å². The highest BCUT2D eigenvalue weighted by atomic mass is 35.5. The number of carbonyl (C=O) groups excluding carboxylic acids is 4. The van der Waals surface area contributed by atoms with Crippen LogP contribution in [0.1, 0.15) is 233 Å². The van der Waals surface area contributed by atoms with Gasteiger partial charge in [-0.15, -0.1) is 12.4 Å². The van der Waals surface area contributed by atoms with Gasteiger partial charge in [0.05, 0.1) is 52.1 Å². The molecule has 4 unspecified atom stereocenters. The van der Waals surface area contributed by atoms with Crippen molar-refractivity contribution in [2.75, 3.05) is 21.2 Å². The van der Waals surface area contributed by atoms with Crippen LogP contribution in [-0.4, -0.2) is 135 Å². The molecule has 12 aromatic rings. The molecule has 31 heteroatoms. The summed E-state index contributed by atoms with van der Waals surface area (Å²) in [4.78, 5) is 119. The summed E-state index contributed by atoms with van der Waals surface area (Å²) in [6.07, 6.45) is 5.80.